The van der Waals surface area contributed by atoms with Gasteiger partial charge in [-0.1, -0.05) is 6.07 Å². The highest BCUT2D eigenvalue weighted by molar-refractivity contribution is 5.91. The first-order valence-electron chi connectivity index (χ1n) is 6.00. The zero-order chi connectivity index (χ0) is 14.7. The number of aryl methyl sites for hydroxylation is 2. The fourth-order valence-electron chi connectivity index (χ4n) is 1.67. The minimum atomic E-state index is -0.513. The number of hydrogen-bond donors (Lipinski definition) is 2. The fourth-order valence-corrected chi connectivity index (χ4v) is 1.67. The zero-order valence-corrected chi connectivity index (χ0v) is 11.2. The number of benzene rings is 1. The Morgan fingerprint density at radius 3 is 2.80 bits per heavy atom. The standard InChI is InChI=1S/C14H15FN2O3/c1-8-3-4-11(6-12(8)15)19-7-10-5-13(14(18)17-16)20-9(10)2/h3-6H,7,16H2,1-2H3,(H,17,18). The van der Waals surface area contributed by atoms with E-state index in [1.54, 1.807) is 32.0 Å². The van der Waals surface area contributed by atoms with E-state index in [2.05, 4.69) is 0 Å². The summed E-state index contributed by atoms with van der Waals surface area (Å²) in [5.74, 6) is 5.27. The second-order valence-electron chi connectivity index (χ2n) is 4.37. The Kier molecular flexibility index (Phi) is 4.05. The van der Waals surface area contributed by atoms with Crippen molar-refractivity contribution in [1.29, 1.82) is 0 Å². The normalized spacial score (nSPS) is 10.4. The number of amides is 1. The summed E-state index contributed by atoms with van der Waals surface area (Å²) in [5.41, 5.74) is 3.24. The van der Waals surface area contributed by atoms with Gasteiger partial charge in [0.15, 0.2) is 5.76 Å². The van der Waals surface area contributed by atoms with Crippen molar-refractivity contribution in [2.75, 3.05) is 0 Å². The number of nitrogens with two attached hydrogens (primary N) is 1. The van der Waals surface area contributed by atoms with Crippen LogP contribution in [0, 0.1) is 19.7 Å². The predicted octanol–water partition coefficient (Wildman–Crippen LogP) is 2.22. The van der Waals surface area contributed by atoms with Crippen LogP contribution in [0.2, 0.25) is 0 Å². The molecule has 2 aromatic rings. The number of nitrogen functional groups attached to an aromatic ring is 1. The lowest BCUT2D eigenvalue weighted by Gasteiger charge is -2.06. The molecule has 0 saturated carbocycles. The summed E-state index contributed by atoms with van der Waals surface area (Å²) < 4.78 is 24.1. The molecular weight excluding hydrogens is 263 g/mol. The number of carbonyl (C=O) groups is 1. The van der Waals surface area contributed by atoms with Gasteiger partial charge in [0.2, 0.25) is 0 Å². The third kappa shape index (κ3) is 2.97. The summed E-state index contributed by atoms with van der Waals surface area (Å²) in [7, 11) is 0. The largest absolute Gasteiger partial charge is 0.489 e. The molecule has 0 bridgehead atoms. The molecule has 20 heavy (non-hydrogen) atoms. The number of furan rings is 1. The van der Waals surface area contributed by atoms with Crippen molar-refractivity contribution < 1.29 is 18.3 Å². The van der Waals surface area contributed by atoms with Crippen LogP contribution >= 0.6 is 0 Å². The average Bonchev–Trinajstić information content (AvgIpc) is 2.80. The van der Waals surface area contributed by atoms with Crippen molar-refractivity contribution in [3.05, 3.63) is 52.7 Å². The number of ether oxygens (including phenoxy) is 1. The molecule has 6 heteroatoms. The summed E-state index contributed by atoms with van der Waals surface area (Å²) >= 11 is 0. The Bertz CT molecular complexity index is 637. The zero-order valence-electron chi connectivity index (χ0n) is 11.2. The highest BCUT2D eigenvalue weighted by atomic mass is 19.1. The molecule has 0 aliphatic carbocycles. The lowest BCUT2D eigenvalue weighted by atomic mass is 10.2. The van der Waals surface area contributed by atoms with E-state index < -0.39 is 5.91 Å². The molecule has 0 fully saturated rings. The van der Waals surface area contributed by atoms with Crippen molar-refractivity contribution in [3.63, 3.8) is 0 Å². The van der Waals surface area contributed by atoms with E-state index in [0.717, 1.165) is 0 Å². The van der Waals surface area contributed by atoms with Gasteiger partial charge in [0.25, 0.3) is 0 Å². The van der Waals surface area contributed by atoms with Crippen LogP contribution in [0.25, 0.3) is 0 Å². The maximum atomic E-state index is 13.4. The predicted molar refractivity (Wildman–Crippen MR) is 70.6 cm³/mol. The maximum Gasteiger partial charge on any atom is 0.300 e. The average molecular weight is 278 g/mol. The van der Waals surface area contributed by atoms with E-state index >= 15 is 0 Å². The minimum absolute atomic E-state index is 0.110. The Labute approximate surface area is 115 Å². The molecule has 1 amide bonds. The third-order valence-electron chi connectivity index (χ3n) is 2.91. The summed E-state index contributed by atoms with van der Waals surface area (Å²) in [4.78, 5) is 11.3. The van der Waals surface area contributed by atoms with Gasteiger partial charge in [-0.25, -0.2) is 10.2 Å². The first-order chi connectivity index (χ1) is 9.51. The number of nitrogens with one attached hydrogen (secondary N) is 1. The molecule has 0 saturated heterocycles. The summed E-state index contributed by atoms with van der Waals surface area (Å²) in [6.45, 7) is 3.56. The van der Waals surface area contributed by atoms with Crippen molar-refractivity contribution in [3.8, 4) is 5.75 Å². The first kappa shape index (κ1) is 14.1. The molecule has 2 rings (SSSR count). The second kappa shape index (κ2) is 5.75. The van der Waals surface area contributed by atoms with E-state index in [-0.39, 0.29) is 18.2 Å². The number of hydrazine groups is 1. The topological polar surface area (TPSA) is 77.5 Å². The lowest BCUT2D eigenvalue weighted by Crippen LogP contribution is -2.29. The molecule has 0 spiro atoms. The molecule has 0 unspecified atom stereocenters. The van der Waals surface area contributed by atoms with Gasteiger partial charge in [0.1, 0.15) is 23.9 Å². The molecule has 0 atom stereocenters. The van der Waals surface area contributed by atoms with Crippen LogP contribution in [0.5, 0.6) is 5.75 Å². The third-order valence-corrected chi connectivity index (χ3v) is 2.91. The molecule has 106 valence electrons. The van der Waals surface area contributed by atoms with Crippen LogP contribution < -0.4 is 16.0 Å². The summed E-state index contributed by atoms with van der Waals surface area (Å²) in [6.07, 6.45) is 0. The second-order valence-corrected chi connectivity index (χ2v) is 4.37. The number of halogens is 1. The van der Waals surface area contributed by atoms with E-state index in [1.807, 2.05) is 5.43 Å². The van der Waals surface area contributed by atoms with Crippen molar-refractivity contribution in [1.82, 2.24) is 5.43 Å². The van der Waals surface area contributed by atoms with Gasteiger partial charge in [-0.3, -0.25) is 10.2 Å². The number of carbonyl (C=O) groups excluding carboxylic acids is 1. The number of hydrogen-bond acceptors (Lipinski definition) is 4. The SMILES string of the molecule is Cc1ccc(OCc2cc(C(=O)NN)oc2C)cc1F. The lowest BCUT2D eigenvalue weighted by molar-refractivity contribution is 0.0924. The molecular formula is C14H15FN2O3. The van der Waals surface area contributed by atoms with E-state index in [9.17, 15) is 9.18 Å². The fraction of sp³-hybridized carbons (Fsp3) is 0.214. The van der Waals surface area contributed by atoms with Crippen LogP contribution in [0.3, 0.4) is 0 Å². The van der Waals surface area contributed by atoms with Gasteiger partial charge < -0.3 is 9.15 Å². The Balaban J connectivity index is 2.08. The van der Waals surface area contributed by atoms with Gasteiger partial charge in [-0.05, 0) is 31.5 Å². The summed E-state index contributed by atoms with van der Waals surface area (Å²) in [6, 6.07) is 6.18. The van der Waals surface area contributed by atoms with Gasteiger partial charge in [-0.15, -0.1) is 0 Å². The van der Waals surface area contributed by atoms with Crippen LogP contribution in [0.15, 0.2) is 28.7 Å². The molecule has 1 heterocycles. The smallest absolute Gasteiger partial charge is 0.300 e. The van der Waals surface area contributed by atoms with Crippen LogP contribution in [-0.4, -0.2) is 5.91 Å². The molecule has 0 radical (unpaired) electrons. The Morgan fingerprint density at radius 2 is 2.15 bits per heavy atom. The van der Waals surface area contributed by atoms with Gasteiger partial charge >= 0.3 is 5.91 Å². The Hall–Kier alpha value is -2.34. The maximum absolute atomic E-state index is 13.4. The molecule has 1 aromatic heterocycles. The van der Waals surface area contributed by atoms with Gasteiger partial charge in [-0.2, -0.15) is 0 Å². The van der Waals surface area contributed by atoms with Gasteiger partial charge in [0.05, 0.1) is 0 Å². The first-order valence-corrected chi connectivity index (χ1v) is 6.00. The monoisotopic (exact) mass is 278 g/mol. The quantitative estimate of drug-likeness (QED) is 0.510. The van der Waals surface area contributed by atoms with Crippen molar-refractivity contribution in [2.24, 2.45) is 5.84 Å². The van der Waals surface area contributed by atoms with E-state index in [4.69, 9.17) is 15.0 Å². The van der Waals surface area contributed by atoms with Crippen molar-refractivity contribution >= 4 is 5.91 Å². The molecule has 0 aliphatic heterocycles. The van der Waals surface area contributed by atoms with Crippen LogP contribution in [-0.2, 0) is 6.61 Å². The number of rotatable bonds is 4. The molecule has 1 aromatic carbocycles. The minimum Gasteiger partial charge on any atom is -0.489 e. The molecule has 5 nitrogen and oxygen atoms in total. The van der Waals surface area contributed by atoms with Crippen LogP contribution in [0.4, 0.5) is 4.39 Å². The highest BCUT2D eigenvalue weighted by Gasteiger charge is 2.13. The van der Waals surface area contributed by atoms with E-state index in [1.165, 1.54) is 6.07 Å². The van der Waals surface area contributed by atoms with Crippen molar-refractivity contribution in [2.45, 2.75) is 20.5 Å². The van der Waals surface area contributed by atoms with Gasteiger partial charge in [0, 0.05) is 11.6 Å². The van der Waals surface area contributed by atoms with Crippen LogP contribution in [0.1, 0.15) is 27.4 Å². The molecule has 0 aliphatic rings. The summed E-state index contributed by atoms with van der Waals surface area (Å²) in [5, 5.41) is 0. The molecule has 3 N–H and O–H groups in total. The Morgan fingerprint density at radius 1 is 1.40 bits per heavy atom. The van der Waals surface area contributed by atoms with E-state index in [0.29, 0.717) is 22.6 Å². The highest BCUT2D eigenvalue weighted by Crippen LogP contribution is 2.20.